The molecule has 2 radical (unpaired) electrons. The summed E-state index contributed by atoms with van der Waals surface area (Å²) in [7, 11) is -0.0329. The number of aromatic hydroxyl groups is 3. The van der Waals surface area contributed by atoms with Gasteiger partial charge in [-0.1, -0.05) is 48.5 Å². The topological polar surface area (TPSA) is 69.9 Å². The van der Waals surface area contributed by atoms with Gasteiger partial charge in [-0.05, 0) is 48.7 Å². The van der Waals surface area contributed by atoms with Crippen molar-refractivity contribution < 1.29 is 19.7 Å². The fraction of sp³-hybridized carbons (Fsp3) is 0.0909. The van der Waals surface area contributed by atoms with Gasteiger partial charge in [-0.2, -0.15) is 0 Å². The Kier molecular flexibility index (Phi) is 7.52. The molecule has 0 bridgehead atoms. The highest BCUT2D eigenvalue weighted by molar-refractivity contribution is 6.49. The quantitative estimate of drug-likeness (QED) is 0.466. The summed E-state index contributed by atoms with van der Waals surface area (Å²) in [6.07, 6.45) is 2.72. The van der Waals surface area contributed by atoms with Crippen molar-refractivity contribution in [3.8, 4) is 23.0 Å². The van der Waals surface area contributed by atoms with E-state index in [2.05, 4.69) is 6.58 Å². The third kappa shape index (κ3) is 6.24. The van der Waals surface area contributed by atoms with Crippen LogP contribution in [0.5, 0.6) is 23.0 Å². The van der Waals surface area contributed by atoms with E-state index in [0.717, 1.165) is 12.0 Å². The number of hydrogen-bond donors (Lipinski definition) is 3. The Hall–Kier alpha value is -3.18. The molecule has 0 atom stereocenters. The second-order valence-electron chi connectivity index (χ2n) is 5.80. The monoisotopic (exact) mass is 378 g/mol. The Morgan fingerprint density at radius 1 is 0.889 bits per heavy atom. The smallest absolute Gasteiger partial charge is 0.355 e. The van der Waals surface area contributed by atoms with Gasteiger partial charge in [0.15, 0.2) is 5.75 Å². The van der Waals surface area contributed by atoms with Gasteiger partial charge in [0.25, 0.3) is 0 Å². The number of benzene rings is 3. The number of allylic oxidation sites excluding steroid dienone is 1. The van der Waals surface area contributed by atoms with Gasteiger partial charge in [-0.15, -0.1) is 6.58 Å². The van der Waals surface area contributed by atoms with Crippen LogP contribution in [0.4, 0.5) is 0 Å². The van der Waals surface area contributed by atoms with Crippen LogP contribution in [0.25, 0.3) is 0 Å². The predicted molar refractivity (Wildman–Crippen MR) is 109 cm³/mol. The zero-order valence-electron chi connectivity index (χ0n) is 15.1. The Bertz CT molecular complexity index is 847. The molecular formula is C22H22O4Si. The van der Waals surface area contributed by atoms with Crippen LogP contribution in [0.15, 0.2) is 79.4 Å². The van der Waals surface area contributed by atoms with Crippen molar-refractivity contribution in [3.05, 3.63) is 90.5 Å². The second-order valence-corrected chi connectivity index (χ2v) is 6.75. The van der Waals surface area contributed by atoms with Gasteiger partial charge >= 0.3 is 9.76 Å². The average molecular weight is 379 g/mol. The third-order valence-electron chi connectivity index (χ3n) is 3.68. The van der Waals surface area contributed by atoms with Gasteiger partial charge in [-0.3, -0.25) is 0 Å². The average Bonchev–Trinajstić information content (AvgIpc) is 2.66. The molecule has 0 aliphatic heterocycles. The first-order valence-electron chi connectivity index (χ1n) is 8.39. The number of rotatable bonds is 5. The number of phenolic OH excluding ortho intramolecular Hbond substituents is 3. The lowest BCUT2D eigenvalue weighted by Gasteiger charge is -2.07. The molecule has 3 aromatic carbocycles. The van der Waals surface area contributed by atoms with E-state index < -0.39 is 0 Å². The van der Waals surface area contributed by atoms with Gasteiger partial charge in [0.05, 0.1) is 0 Å². The molecule has 0 heterocycles. The molecule has 0 saturated heterocycles. The van der Waals surface area contributed by atoms with Crippen LogP contribution in [0.1, 0.15) is 11.1 Å². The van der Waals surface area contributed by atoms with Crippen molar-refractivity contribution in [2.45, 2.75) is 13.3 Å². The summed E-state index contributed by atoms with van der Waals surface area (Å²) in [6.45, 7) is 5.54. The minimum absolute atomic E-state index is 0.0329. The molecule has 0 amide bonds. The third-order valence-corrected chi connectivity index (χ3v) is 4.65. The van der Waals surface area contributed by atoms with Crippen LogP contribution < -0.4 is 9.61 Å². The summed E-state index contributed by atoms with van der Waals surface area (Å²) in [6, 6.07) is 19.3. The molecule has 0 aliphatic carbocycles. The van der Waals surface area contributed by atoms with E-state index in [1.807, 2.05) is 31.2 Å². The Morgan fingerprint density at radius 2 is 1.56 bits per heavy atom. The van der Waals surface area contributed by atoms with Crippen LogP contribution in [0.2, 0.25) is 0 Å². The molecule has 0 spiro atoms. The van der Waals surface area contributed by atoms with Crippen molar-refractivity contribution in [1.82, 2.24) is 0 Å². The molecular weight excluding hydrogens is 356 g/mol. The molecule has 3 rings (SSSR count). The van der Waals surface area contributed by atoms with Gasteiger partial charge in [-0.25, -0.2) is 0 Å². The summed E-state index contributed by atoms with van der Waals surface area (Å²) >= 11 is 0. The fourth-order valence-electron chi connectivity index (χ4n) is 2.22. The maximum atomic E-state index is 9.52. The van der Waals surface area contributed by atoms with E-state index in [9.17, 15) is 15.3 Å². The maximum Gasteiger partial charge on any atom is 0.355 e. The molecule has 0 fully saturated rings. The summed E-state index contributed by atoms with van der Waals surface area (Å²) in [5.74, 6) is 1.09. The first kappa shape index (κ1) is 20.1. The summed E-state index contributed by atoms with van der Waals surface area (Å²) in [4.78, 5) is 0. The molecule has 0 unspecified atom stereocenters. The fourth-order valence-corrected chi connectivity index (χ4v) is 2.97. The lowest BCUT2D eigenvalue weighted by Crippen LogP contribution is -2.20. The van der Waals surface area contributed by atoms with Gasteiger partial charge in [0, 0.05) is 5.19 Å². The minimum atomic E-state index is -0.0329. The first-order chi connectivity index (χ1) is 13.0. The van der Waals surface area contributed by atoms with E-state index in [4.69, 9.17) is 4.43 Å². The Morgan fingerprint density at radius 3 is 2.19 bits per heavy atom. The van der Waals surface area contributed by atoms with E-state index in [1.54, 1.807) is 48.5 Å². The molecule has 0 saturated carbocycles. The zero-order chi connectivity index (χ0) is 19.6. The summed E-state index contributed by atoms with van der Waals surface area (Å²) < 4.78 is 5.42. The van der Waals surface area contributed by atoms with E-state index in [0.29, 0.717) is 16.7 Å². The number of para-hydroxylation sites is 3. The molecule has 3 N–H and O–H groups in total. The molecule has 0 aliphatic rings. The van der Waals surface area contributed by atoms with E-state index >= 15 is 0 Å². The van der Waals surface area contributed by atoms with E-state index in [1.165, 1.54) is 5.56 Å². The number of hydrogen-bond acceptors (Lipinski definition) is 4. The van der Waals surface area contributed by atoms with Crippen LogP contribution in [-0.4, -0.2) is 25.1 Å². The normalized spacial score (nSPS) is 9.81. The highest BCUT2D eigenvalue weighted by Crippen LogP contribution is 2.23. The van der Waals surface area contributed by atoms with Crippen molar-refractivity contribution in [3.63, 3.8) is 0 Å². The van der Waals surface area contributed by atoms with Crippen LogP contribution in [-0.2, 0) is 6.42 Å². The Balaban J connectivity index is 0.000000208. The molecule has 0 aromatic heterocycles. The SMILES string of the molecule is C=CCc1ccc(O)c(C)c1.Oc1ccccc1O[Si]c1ccccc1O. The molecule has 3 aromatic rings. The standard InChI is InChI=1S/C12H10O3Si.C10H12O/c13-9-5-1-3-7-11(9)15-16-12-8-4-2-6-10(12)14;1-3-4-9-5-6-10(11)8(2)7-9/h1-8,13-14H;3,5-7,11H,1,4H2,2H3. The highest BCUT2D eigenvalue weighted by atomic mass is 28.2. The maximum absolute atomic E-state index is 9.52. The van der Waals surface area contributed by atoms with Crippen LogP contribution in [0.3, 0.4) is 0 Å². The lowest BCUT2D eigenvalue weighted by atomic mass is 10.1. The van der Waals surface area contributed by atoms with Crippen molar-refractivity contribution in [2.24, 2.45) is 0 Å². The van der Waals surface area contributed by atoms with Crippen molar-refractivity contribution in [1.29, 1.82) is 0 Å². The van der Waals surface area contributed by atoms with Gasteiger partial charge in [0.2, 0.25) is 0 Å². The van der Waals surface area contributed by atoms with Gasteiger partial charge < -0.3 is 19.7 Å². The molecule has 27 heavy (non-hydrogen) atoms. The molecule has 5 heteroatoms. The van der Waals surface area contributed by atoms with Crippen molar-refractivity contribution >= 4 is 14.9 Å². The zero-order valence-corrected chi connectivity index (χ0v) is 16.1. The number of aryl methyl sites for hydroxylation is 1. The summed E-state index contributed by atoms with van der Waals surface area (Å²) in [5, 5.41) is 28.9. The van der Waals surface area contributed by atoms with Crippen LogP contribution >= 0.6 is 0 Å². The predicted octanol–water partition coefficient (Wildman–Crippen LogP) is 3.85. The number of phenols is 3. The minimum Gasteiger partial charge on any atom is -0.533 e. The van der Waals surface area contributed by atoms with E-state index in [-0.39, 0.29) is 21.3 Å². The van der Waals surface area contributed by atoms with Crippen LogP contribution in [0, 0.1) is 6.92 Å². The lowest BCUT2D eigenvalue weighted by molar-refractivity contribution is 0.443. The first-order valence-corrected chi connectivity index (χ1v) is 9.30. The Labute approximate surface area is 162 Å². The second kappa shape index (κ2) is 10.1. The molecule has 4 nitrogen and oxygen atoms in total. The van der Waals surface area contributed by atoms with Gasteiger partial charge in [0.1, 0.15) is 17.2 Å². The largest absolute Gasteiger partial charge is 0.533 e. The summed E-state index contributed by atoms with van der Waals surface area (Å²) in [5.41, 5.74) is 2.11. The molecule has 138 valence electrons. The van der Waals surface area contributed by atoms with Crippen molar-refractivity contribution in [2.75, 3.05) is 0 Å². The highest BCUT2D eigenvalue weighted by Gasteiger charge is 2.06.